The fourth-order valence-corrected chi connectivity index (χ4v) is 3.41. The summed E-state index contributed by atoms with van der Waals surface area (Å²) < 4.78 is 1.66. The quantitative estimate of drug-likeness (QED) is 0.434. The van der Waals surface area contributed by atoms with Gasteiger partial charge in [-0.15, -0.1) is 23.3 Å². The molecule has 8 nitrogen and oxygen atoms in total. The molecule has 3 aromatic rings. The van der Waals surface area contributed by atoms with Gasteiger partial charge in [0.05, 0.1) is 30.1 Å². The molecule has 2 aromatic carbocycles. The van der Waals surface area contributed by atoms with E-state index in [-0.39, 0.29) is 24.9 Å². The van der Waals surface area contributed by atoms with Crippen molar-refractivity contribution in [2.45, 2.75) is 10.6 Å². The number of nitrogens with one attached hydrogen (secondary N) is 2. The SMILES string of the molecule is C#CCNC(=O)CNC(=O)c1ccccc1SCc1nnnn1-c1ccccc1. The highest BCUT2D eigenvalue weighted by atomic mass is 32.2. The zero-order valence-corrected chi connectivity index (χ0v) is 16.2. The van der Waals surface area contributed by atoms with E-state index in [2.05, 4.69) is 32.1 Å². The first-order chi connectivity index (χ1) is 14.2. The molecule has 0 bridgehead atoms. The second kappa shape index (κ2) is 10.1. The van der Waals surface area contributed by atoms with Crippen molar-refractivity contribution in [1.29, 1.82) is 0 Å². The van der Waals surface area contributed by atoms with Crippen molar-refractivity contribution in [2.75, 3.05) is 13.1 Å². The number of tetrazole rings is 1. The van der Waals surface area contributed by atoms with E-state index in [4.69, 9.17) is 6.42 Å². The normalized spacial score (nSPS) is 10.2. The maximum atomic E-state index is 12.5. The largest absolute Gasteiger partial charge is 0.344 e. The molecule has 0 aliphatic rings. The van der Waals surface area contributed by atoms with Gasteiger partial charge in [-0.3, -0.25) is 9.59 Å². The fraction of sp³-hybridized carbons (Fsp3) is 0.150. The van der Waals surface area contributed by atoms with Crippen molar-refractivity contribution in [3.63, 3.8) is 0 Å². The highest BCUT2D eigenvalue weighted by Gasteiger charge is 2.14. The topological polar surface area (TPSA) is 102 Å². The summed E-state index contributed by atoms with van der Waals surface area (Å²) in [7, 11) is 0. The molecule has 146 valence electrons. The summed E-state index contributed by atoms with van der Waals surface area (Å²) in [5.74, 6) is 2.75. The van der Waals surface area contributed by atoms with Gasteiger partial charge in [0.15, 0.2) is 5.82 Å². The highest BCUT2D eigenvalue weighted by Crippen LogP contribution is 2.26. The number of hydrogen-bond acceptors (Lipinski definition) is 6. The number of rotatable bonds is 8. The number of nitrogens with zero attached hydrogens (tertiary/aromatic N) is 4. The Morgan fingerprint density at radius 2 is 1.83 bits per heavy atom. The second-order valence-corrected chi connectivity index (χ2v) is 6.81. The van der Waals surface area contributed by atoms with Crippen LogP contribution in [0.4, 0.5) is 0 Å². The Morgan fingerprint density at radius 1 is 1.07 bits per heavy atom. The number of para-hydroxylation sites is 1. The zero-order valence-electron chi connectivity index (χ0n) is 15.4. The van der Waals surface area contributed by atoms with E-state index >= 15 is 0 Å². The van der Waals surface area contributed by atoms with Crippen molar-refractivity contribution in [3.8, 4) is 18.0 Å². The van der Waals surface area contributed by atoms with Crippen LogP contribution in [-0.4, -0.2) is 45.1 Å². The zero-order chi connectivity index (χ0) is 20.5. The Kier molecular flexibility index (Phi) is 6.97. The van der Waals surface area contributed by atoms with E-state index in [0.29, 0.717) is 17.1 Å². The number of terminal acetylenes is 1. The maximum absolute atomic E-state index is 12.5. The van der Waals surface area contributed by atoms with Crippen LogP contribution in [0.5, 0.6) is 0 Å². The molecule has 3 rings (SSSR count). The minimum Gasteiger partial charge on any atom is -0.344 e. The van der Waals surface area contributed by atoms with Gasteiger partial charge in [-0.25, -0.2) is 0 Å². The smallest absolute Gasteiger partial charge is 0.252 e. The van der Waals surface area contributed by atoms with Gasteiger partial charge in [0.25, 0.3) is 5.91 Å². The Morgan fingerprint density at radius 3 is 2.62 bits per heavy atom. The third kappa shape index (κ3) is 5.43. The first kappa shape index (κ1) is 20.1. The summed E-state index contributed by atoms with van der Waals surface area (Å²) in [6.07, 6.45) is 5.09. The average molecular weight is 406 g/mol. The summed E-state index contributed by atoms with van der Waals surface area (Å²) in [5, 5.41) is 17.0. The number of carbonyl (C=O) groups excluding carboxylic acids is 2. The van der Waals surface area contributed by atoms with Crippen LogP contribution in [0.25, 0.3) is 5.69 Å². The molecule has 0 fully saturated rings. The Bertz CT molecular complexity index is 1030. The minimum absolute atomic E-state index is 0.122. The highest BCUT2D eigenvalue weighted by molar-refractivity contribution is 7.98. The minimum atomic E-state index is -0.344. The van der Waals surface area contributed by atoms with Gasteiger partial charge < -0.3 is 10.6 Å². The Labute approximate surface area is 172 Å². The van der Waals surface area contributed by atoms with Crippen molar-refractivity contribution in [3.05, 3.63) is 66.0 Å². The van der Waals surface area contributed by atoms with Crippen LogP contribution < -0.4 is 10.6 Å². The van der Waals surface area contributed by atoms with Crippen molar-refractivity contribution < 1.29 is 9.59 Å². The molecule has 1 heterocycles. The van der Waals surface area contributed by atoms with E-state index in [1.54, 1.807) is 16.8 Å². The summed E-state index contributed by atoms with van der Waals surface area (Å²) in [6.45, 7) is -0.0248. The molecule has 2 N–H and O–H groups in total. The molecule has 29 heavy (non-hydrogen) atoms. The van der Waals surface area contributed by atoms with Gasteiger partial charge in [-0.05, 0) is 34.7 Å². The van der Waals surface area contributed by atoms with E-state index in [9.17, 15) is 9.59 Å². The van der Waals surface area contributed by atoms with Crippen molar-refractivity contribution in [1.82, 2.24) is 30.8 Å². The first-order valence-electron chi connectivity index (χ1n) is 8.72. The van der Waals surface area contributed by atoms with Crippen molar-refractivity contribution in [2.24, 2.45) is 0 Å². The first-order valence-corrected chi connectivity index (χ1v) is 9.70. The average Bonchev–Trinajstić information content (AvgIpc) is 3.24. The number of thioether (sulfide) groups is 1. The molecular weight excluding hydrogens is 388 g/mol. The maximum Gasteiger partial charge on any atom is 0.252 e. The lowest BCUT2D eigenvalue weighted by molar-refractivity contribution is -0.119. The molecule has 0 saturated heterocycles. The Hall–Kier alpha value is -3.64. The lowest BCUT2D eigenvalue weighted by atomic mass is 10.2. The van der Waals surface area contributed by atoms with Gasteiger partial charge in [-0.1, -0.05) is 36.3 Å². The summed E-state index contributed by atoms with van der Waals surface area (Å²) in [6, 6.07) is 16.7. The van der Waals surface area contributed by atoms with E-state index in [0.717, 1.165) is 10.6 Å². The van der Waals surface area contributed by atoms with Gasteiger partial charge in [0.1, 0.15) is 0 Å². The third-order valence-corrected chi connectivity index (χ3v) is 4.89. The van der Waals surface area contributed by atoms with Gasteiger partial charge in [0, 0.05) is 4.90 Å². The van der Waals surface area contributed by atoms with E-state index in [1.165, 1.54) is 11.8 Å². The molecule has 1 aromatic heterocycles. The monoisotopic (exact) mass is 406 g/mol. The van der Waals surface area contributed by atoms with Crippen LogP contribution in [0.15, 0.2) is 59.5 Å². The number of aromatic nitrogens is 4. The molecule has 0 saturated carbocycles. The number of amides is 2. The van der Waals surface area contributed by atoms with Gasteiger partial charge in [0.2, 0.25) is 5.91 Å². The molecule has 0 aliphatic heterocycles. The van der Waals surface area contributed by atoms with Gasteiger partial charge in [-0.2, -0.15) is 4.68 Å². The number of carbonyl (C=O) groups is 2. The lowest BCUT2D eigenvalue weighted by Gasteiger charge is -2.10. The lowest BCUT2D eigenvalue weighted by Crippen LogP contribution is -2.37. The molecule has 0 aliphatic carbocycles. The molecule has 0 unspecified atom stereocenters. The summed E-state index contributed by atoms with van der Waals surface area (Å²) in [5.41, 5.74) is 1.33. The molecule has 9 heteroatoms. The molecule has 0 spiro atoms. The van der Waals surface area contributed by atoms with Crippen LogP contribution in [0, 0.1) is 12.3 Å². The van der Waals surface area contributed by atoms with Crippen LogP contribution >= 0.6 is 11.8 Å². The molecule has 0 atom stereocenters. The van der Waals surface area contributed by atoms with Crippen LogP contribution in [0.3, 0.4) is 0 Å². The fourth-order valence-electron chi connectivity index (χ4n) is 2.46. The third-order valence-electron chi connectivity index (χ3n) is 3.82. The van der Waals surface area contributed by atoms with Crippen molar-refractivity contribution >= 4 is 23.6 Å². The second-order valence-electron chi connectivity index (χ2n) is 5.79. The van der Waals surface area contributed by atoms with Crippen LogP contribution in [0.1, 0.15) is 16.2 Å². The predicted octanol–water partition coefficient (Wildman–Crippen LogP) is 1.43. The molecule has 0 radical (unpaired) electrons. The van der Waals surface area contributed by atoms with E-state index < -0.39 is 0 Å². The van der Waals surface area contributed by atoms with Gasteiger partial charge >= 0.3 is 0 Å². The summed E-state index contributed by atoms with van der Waals surface area (Å²) in [4.78, 5) is 24.9. The van der Waals surface area contributed by atoms with Crippen LogP contribution in [-0.2, 0) is 10.5 Å². The predicted molar refractivity (Wildman–Crippen MR) is 109 cm³/mol. The number of benzene rings is 2. The van der Waals surface area contributed by atoms with Crippen LogP contribution in [0.2, 0.25) is 0 Å². The molecular formula is C20H18N6O2S. The Balaban J connectivity index is 1.66. The molecule has 2 amide bonds. The van der Waals surface area contributed by atoms with E-state index in [1.807, 2.05) is 42.5 Å². The number of hydrogen-bond donors (Lipinski definition) is 2. The standard InChI is InChI=1S/C20H18N6O2S/c1-2-12-21-19(27)13-22-20(28)16-10-6-7-11-17(16)29-14-18-23-24-25-26(18)15-8-4-3-5-9-15/h1,3-11H,12-14H2,(H,21,27)(H,22,28). The summed E-state index contributed by atoms with van der Waals surface area (Å²) >= 11 is 1.44.